The Morgan fingerprint density at radius 2 is 1.96 bits per heavy atom. The lowest BCUT2D eigenvalue weighted by atomic mass is 9.90. The molecular formula is C17H29N5O. The van der Waals surface area contributed by atoms with Crippen molar-refractivity contribution in [1.29, 1.82) is 0 Å². The topological polar surface area (TPSA) is 46.4 Å². The van der Waals surface area contributed by atoms with E-state index in [0.717, 1.165) is 31.7 Å². The maximum absolute atomic E-state index is 6.02. The molecule has 128 valence electrons. The fraction of sp³-hybridized carbons (Fsp3) is 0.882. The molecule has 4 rings (SSSR count). The van der Waals surface area contributed by atoms with Crippen LogP contribution in [0.4, 0.5) is 0 Å². The fourth-order valence-corrected chi connectivity index (χ4v) is 4.59. The van der Waals surface area contributed by atoms with E-state index in [1.54, 1.807) is 0 Å². The van der Waals surface area contributed by atoms with Crippen LogP contribution >= 0.6 is 0 Å². The largest absolute Gasteiger partial charge is 0.370 e. The number of nitrogens with zero attached hydrogens (tertiary/aromatic N) is 5. The molecule has 4 heterocycles. The number of likely N-dealkylation sites (tertiary alicyclic amines) is 2. The van der Waals surface area contributed by atoms with Gasteiger partial charge in [-0.3, -0.25) is 0 Å². The summed E-state index contributed by atoms with van der Waals surface area (Å²) in [6, 6.07) is 0.331. The molecule has 1 aromatic heterocycles. The second-order valence-corrected chi connectivity index (χ2v) is 8.26. The zero-order chi connectivity index (χ0) is 15.9. The first-order valence-electron chi connectivity index (χ1n) is 9.06. The monoisotopic (exact) mass is 319 g/mol. The van der Waals surface area contributed by atoms with Gasteiger partial charge >= 0.3 is 0 Å². The number of aromatic nitrogens is 3. The molecule has 0 aliphatic carbocycles. The average molecular weight is 319 g/mol. The van der Waals surface area contributed by atoms with Crippen LogP contribution in [0.5, 0.6) is 0 Å². The Bertz CT molecular complexity index is 537. The second kappa shape index (κ2) is 6.15. The summed E-state index contributed by atoms with van der Waals surface area (Å²) in [6.45, 7) is 12.6. The molecule has 0 N–H and O–H groups in total. The van der Waals surface area contributed by atoms with E-state index < -0.39 is 0 Å². The van der Waals surface area contributed by atoms with Crippen molar-refractivity contribution >= 4 is 0 Å². The van der Waals surface area contributed by atoms with E-state index >= 15 is 0 Å². The van der Waals surface area contributed by atoms with Crippen molar-refractivity contribution in [2.24, 2.45) is 5.41 Å². The lowest BCUT2D eigenvalue weighted by Gasteiger charge is -2.44. The molecule has 6 nitrogen and oxygen atoms in total. The van der Waals surface area contributed by atoms with Crippen LogP contribution in [-0.2, 0) is 11.3 Å². The Balaban J connectivity index is 1.39. The van der Waals surface area contributed by atoms with E-state index in [1.807, 2.05) is 6.20 Å². The Morgan fingerprint density at radius 1 is 1.17 bits per heavy atom. The van der Waals surface area contributed by atoms with Crippen molar-refractivity contribution in [2.45, 2.75) is 51.9 Å². The summed E-state index contributed by atoms with van der Waals surface area (Å²) >= 11 is 0. The first kappa shape index (κ1) is 15.5. The van der Waals surface area contributed by atoms with Crippen molar-refractivity contribution in [2.75, 3.05) is 39.3 Å². The zero-order valence-electron chi connectivity index (χ0n) is 14.4. The highest BCUT2D eigenvalue weighted by molar-refractivity contribution is 5.01. The number of ether oxygens (including phenoxy) is 1. The van der Waals surface area contributed by atoms with Gasteiger partial charge < -0.3 is 14.5 Å². The lowest BCUT2D eigenvalue weighted by Crippen LogP contribution is -2.51. The molecule has 0 amide bonds. The summed E-state index contributed by atoms with van der Waals surface area (Å²) in [7, 11) is 0. The maximum atomic E-state index is 6.02. The van der Waals surface area contributed by atoms with E-state index in [2.05, 4.69) is 38.6 Å². The molecule has 3 aliphatic rings. The molecule has 0 saturated carbocycles. The summed E-state index contributed by atoms with van der Waals surface area (Å²) in [6.07, 6.45) is 5.99. The van der Waals surface area contributed by atoms with Crippen LogP contribution < -0.4 is 0 Å². The predicted octanol–water partition coefficient (Wildman–Crippen LogP) is 1.55. The summed E-state index contributed by atoms with van der Waals surface area (Å²) in [5.74, 6) is 0. The van der Waals surface area contributed by atoms with Crippen LogP contribution in [0.2, 0.25) is 0 Å². The van der Waals surface area contributed by atoms with Crippen molar-refractivity contribution < 1.29 is 4.74 Å². The highest BCUT2D eigenvalue weighted by Crippen LogP contribution is 2.32. The first-order chi connectivity index (χ1) is 11.1. The van der Waals surface area contributed by atoms with Gasteiger partial charge in [-0.05, 0) is 37.8 Å². The molecule has 2 atom stereocenters. The molecule has 1 aromatic rings. The second-order valence-electron chi connectivity index (χ2n) is 8.26. The van der Waals surface area contributed by atoms with Crippen LogP contribution in [0.25, 0.3) is 0 Å². The number of piperidine rings is 1. The summed E-state index contributed by atoms with van der Waals surface area (Å²) < 4.78 is 8.12. The van der Waals surface area contributed by atoms with E-state index in [1.165, 1.54) is 32.5 Å². The predicted molar refractivity (Wildman–Crippen MR) is 88.1 cm³/mol. The van der Waals surface area contributed by atoms with Crippen LogP contribution in [-0.4, -0.2) is 70.2 Å². The Labute approximate surface area is 138 Å². The molecule has 0 aromatic carbocycles. The molecule has 23 heavy (non-hydrogen) atoms. The number of hydrogen-bond donors (Lipinski definition) is 0. The lowest BCUT2D eigenvalue weighted by molar-refractivity contribution is -0.0707. The van der Waals surface area contributed by atoms with Crippen molar-refractivity contribution in [3.05, 3.63) is 11.9 Å². The van der Waals surface area contributed by atoms with Gasteiger partial charge in [0.05, 0.1) is 30.6 Å². The Hall–Kier alpha value is -0.980. The highest BCUT2D eigenvalue weighted by Gasteiger charge is 2.38. The number of fused-ring (bicyclic) bond motifs is 3. The van der Waals surface area contributed by atoms with Crippen molar-refractivity contribution in [3.63, 3.8) is 0 Å². The van der Waals surface area contributed by atoms with Crippen molar-refractivity contribution in [3.8, 4) is 0 Å². The maximum Gasteiger partial charge on any atom is 0.0929 e. The van der Waals surface area contributed by atoms with Crippen LogP contribution in [0.15, 0.2) is 6.20 Å². The quantitative estimate of drug-likeness (QED) is 0.842. The van der Waals surface area contributed by atoms with Crippen LogP contribution in [0.3, 0.4) is 0 Å². The summed E-state index contributed by atoms with van der Waals surface area (Å²) in [5, 5.41) is 8.38. The van der Waals surface area contributed by atoms with Crippen LogP contribution in [0, 0.1) is 5.41 Å². The van der Waals surface area contributed by atoms with Crippen LogP contribution in [0.1, 0.15) is 44.8 Å². The van der Waals surface area contributed by atoms with E-state index in [9.17, 15) is 0 Å². The third-order valence-corrected chi connectivity index (χ3v) is 5.51. The number of rotatable bonds is 4. The van der Waals surface area contributed by atoms with Gasteiger partial charge in [0.15, 0.2) is 0 Å². The molecule has 2 saturated heterocycles. The molecule has 0 radical (unpaired) electrons. The average Bonchev–Trinajstić information content (AvgIpc) is 3.17. The third-order valence-electron chi connectivity index (χ3n) is 5.51. The third kappa shape index (κ3) is 3.30. The summed E-state index contributed by atoms with van der Waals surface area (Å²) in [5.41, 5.74) is 1.45. The number of hydrogen-bond acceptors (Lipinski definition) is 5. The van der Waals surface area contributed by atoms with E-state index in [4.69, 9.17) is 4.74 Å². The highest BCUT2D eigenvalue weighted by atomic mass is 16.5. The molecule has 0 spiro atoms. The molecule has 6 heteroatoms. The first-order valence-corrected chi connectivity index (χ1v) is 9.06. The molecule has 3 aliphatic heterocycles. The van der Waals surface area contributed by atoms with E-state index in [-0.39, 0.29) is 0 Å². The Morgan fingerprint density at radius 3 is 2.78 bits per heavy atom. The minimum absolute atomic E-state index is 0.308. The van der Waals surface area contributed by atoms with Gasteiger partial charge in [-0.1, -0.05) is 19.1 Å². The van der Waals surface area contributed by atoms with Gasteiger partial charge in [0.1, 0.15) is 0 Å². The summed E-state index contributed by atoms with van der Waals surface area (Å²) in [4.78, 5) is 5.24. The molecule has 2 fully saturated rings. The van der Waals surface area contributed by atoms with Gasteiger partial charge in [0, 0.05) is 26.2 Å². The normalized spacial score (nSPS) is 29.5. The SMILES string of the molecule is CC(C)(CN1CCCC1)CN1CC[C@H]2OCc3cnnn3[C@H]2C1. The van der Waals surface area contributed by atoms with Gasteiger partial charge in [0.2, 0.25) is 0 Å². The minimum atomic E-state index is 0.308. The van der Waals surface area contributed by atoms with Crippen molar-refractivity contribution in [1.82, 2.24) is 24.8 Å². The van der Waals surface area contributed by atoms with Gasteiger partial charge in [-0.25, -0.2) is 4.68 Å². The zero-order valence-corrected chi connectivity index (χ0v) is 14.4. The van der Waals surface area contributed by atoms with Gasteiger partial charge in [-0.2, -0.15) is 0 Å². The molecule has 0 unspecified atom stereocenters. The van der Waals surface area contributed by atoms with Gasteiger partial charge in [-0.15, -0.1) is 5.10 Å². The Kier molecular flexibility index (Phi) is 4.15. The molecule has 0 bridgehead atoms. The fourth-order valence-electron chi connectivity index (χ4n) is 4.59. The van der Waals surface area contributed by atoms with Gasteiger partial charge in [0.25, 0.3) is 0 Å². The van der Waals surface area contributed by atoms with E-state index in [0.29, 0.717) is 24.2 Å². The minimum Gasteiger partial charge on any atom is -0.370 e. The standard InChI is InChI=1S/C17H29N5O/c1-17(2,12-20-6-3-4-7-20)13-21-8-5-16-15(10-21)22-14(11-23-16)9-18-19-22/h9,15-16H,3-8,10-13H2,1-2H3/t15-,16+/m0/s1. The smallest absolute Gasteiger partial charge is 0.0929 e. The molecular weight excluding hydrogens is 290 g/mol.